The van der Waals surface area contributed by atoms with Crippen molar-refractivity contribution in [2.75, 3.05) is 6.61 Å². The summed E-state index contributed by atoms with van der Waals surface area (Å²) in [6.45, 7) is 1.11. The lowest BCUT2D eigenvalue weighted by Crippen LogP contribution is -2.61. The molecule has 3 aliphatic heterocycles. The highest BCUT2D eigenvalue weighted by atomic mass is 16.8. The van der Waals surface area contributed by atoms with E-state index >= 15 is 0 Å². The van der Waals surface area contributed by atoms with Crippen LogP contribution < -0.4 is 0 Å². The van der Waals surface area contributed by atoms with Gasteiger partial charge in [-0.1, -0.05) is 0 Å². The minimum absolute atomic E-state index is 0.574. The van der Waals surface area contributed by atoms with Gasteiger partial charge in [0.2, 0.25) is 6.29 Å². The molecule has 1 aliphatic carbocycles. The fraction of sp³-hybridized carbons (Fsp3) is 0.867. The van der Waals surface area contributed by atoms with Gasteiger partial charge in [0, 0.05) is 0 Å². The van der Waals surface area contributed by atoms with Gasteiger partial charge in [0.15, 0.2) is 6.29 Å². The highest BCUT2D eigenvalue weighted by molar-refractivity contribution is 5.31. The van der Waals surface area contributed by atoms with E-state index < -0.39 is 72.9 Å². The summed E-state index contributed by atoms with van der Waals surface area (Å²) in [5, 5.41) is 60.0. The zero-order valence-corrected chi connectivity index (χ0v) is 13.4. The summed E-state index contributed by atoms with van der Waals surface area (Å²) in [6, 6.07) is 0. The van der Waals surface area contributed by atoms with Crippen LogP contribution in [0.3, 0.4) is 0 Å². The Hall–Kier alpha value is -0.820. The van der Waals surface area contributed by atoms with Crippen LogP contribution in [0.25, 0.3) is 0 Å². The first-order valence-corrected chi connectivity index (χ1v) is 8.11. The molecule has 2 saturated heterocycles. The van der Waals surface area contributed by atoms with Crippen LogP contribution in [0.4, 0.5) is 0 Å². The Morgan fingerprint density at radius 3 is 2.48 bits per heavy atom. The summed E-state index contributed by atoms with van der Waals surface area (Å²) >= 11 is 0. The third-order valence-corrected chi connectivity index (χ3v) is 5.70. The zero-order chi connectivity index (χ0) is 18.1. The lowest BCUT2D eigenvalue weighted by molar-refractivity contribution is -0.349. The van der Waals surface area contributed by atoms with Crippen molar-refractivity contribution in [3.8, 4) is 0 Å². The Balaban J connectivity index is 1.56. The SMILES string of the molecule is C[C@]12O[C@H]1[C@@H](O)[C@]1(O)C=CO[C@@H](O[C@@H]3O[C@H](CO)[C@@H](O)[C@H](O)[C@H]3O)[C@@H]12. The van der Waals surface area contributed by atoms with Crippen LogP contribution in [0.15, 0.2) is 12.3 Å². The Kier molecular flexibility index (Phi) is 3.93. The normalized spacial score (nSPS) is 59.9. The van der Waals surface area contributed by atoms with Crippen molar-refractivity contribution in [2.24, 2.45) is 5.92 Å². The van der Waals surface area contributed by atoms with E-state index in [2.05, 4.69) is 0 Å². The second-order valence-electron chi connectivity index (χ2n) is 7.17. The molecule has 0 unspecified atom stereocenters. The van der Waals surface area contributed by atoms with Crippen molar-refractivity contribution >= 4 is 0 Å². The molecule has 4 aliphatic rings. The van der Waals surface area contributed by atoms with Crippen molar-refractivity contribution in [1.82, 2.24) is 0 Å². The maximum atomic E-state index is 10.8. The molecule has 3 fully saturated rings. The Labute approximate surface area is 142 Å². The van der Waals surface area contributed by atoms with Gasteiger partial charge in [0.05, 0.1) is 18.8 Å². The predicted octanol–water partition coefficient (Wildman–Crippen LogP) is -3.45. The maximum absolute atomic E-state index is 10.8. The minimum atomic E-state index is -1.63. The van der Waals surface area contributed by atoms with Gasteiger partial charge in [-0.05, 0) is 13.0 Å². The molecule has 0 aromatic rings. The fourth-order valence-corrected chi connectivity index (χ4v) is 4.17. The summed E-state index contributed by atoms with van der Waals surface area (Å²) < 4.78 is 21.8. The average Bonchev–Trinajstić information content (AvgIpc) is 3.22. The lowest BCUT2D eigenvalue weighted by Gasteiger charge is -2.45. The third kappa shape index (κ3) is 2.30. The van der Waals surface area contributed by atoms with Crippen molar-refractivity contribution in [2.45, 2.75) is 67.3 Å². The molecule has 10 nitrogen and oxygen atoms in total. The highest BCUT2D eigenvalue weighted by Crippen LogP contribution is 2.61. The monoisotopic (exact) mass is 362 g/mol. The molecule has 10 heteroatoms. The summed E-state index contributed by atoms with van der Waals surface area (Å²) in [4.78, 5) is 0. The Bertz CT molecular complexity index is 569. The van der Waals surface area contributed by atoms with Gasteiger partial charge in [-0.15, -0.1) is 0 Å². The summed E-state index contributed by atoms with van der Waals surface area (Å²) in [7, 11) is 0. The molecule has 0 amide bonds. The van der Waals surface area contributed by atoms with E-state index in [1.54, 1.807) is 6.92 Å². The van der Waals surface area contributed by atoms with Crippen LogP contribution in [0.2, 0.25) is 0 Å². The summed E-state index contributed by atoms with van der Waals surface area (Å²) in [6.07, 6.45) is -7.63. The number of fused-ring (bicyclic) bond motifs is 3. The van der Waals surface area contributed by atoms with Crippen molar-refractivity contribution < 1.29 is 49.6 Å². The maximum Gasteiger partial charge on any atom is 0.210 e. The molecule has 11 atom stereocenters. The van der Waals surface area contributed by atoms with Crippen LogP contribution in [-0.2, 0) is 18.9 Å². The molecule has 4 rings (SSSR count). The van der Waals surface area contributed by atoms with Crippen LogP contribution in [0, 0.1) is 5.92 Å². The number of hydrogen-bond acceptors (Lipinski definition) is 10. The first kappa shape index (κ1) is 17.6. The second kappa shape index (κ2) is 5.59. The molecule has 142 valence electrons. The second-order valence-corrected chi connectivity index (χ2v) is 7.17. The van der Waals surface area contributed by atoms with E-state index in [0.29, 0.717) is 0 Å². The number of rotatable bonds is 3. The van der Waals surface area contributed by atoms with Gasteiger partial charge in [-0.2, -0.15) is 0 Å². The number of aliphatic hydroxyl groups is 6. The zero-order valence-electron chi connectivity index (χ0n) is 13.4. The Morgan fingerprint density at radius 1 is 1.08 bits per heavy atom. The molecular formula is C15H22O10. The quantitative estimate of drug-likeness (QED) is 0.278. The number of aliphatic hydroxyl groups excluding tert-OH is 5. The van der Waals surface area contributed by atoms with Crippen LogP contribution >= 0.6 is 0 Å². The molecule has 3 heterocycles. The van der Waals surface area contributed by atoms with Crippen molar-refractivity contribution in [3.05, 3.63) is 12.3 Å². The molecule has 0 aromatic heterocycles. The van der Waals surface area contributed by atoms with Crippen molar-refractivity contribution in [1.29, 1.82) is 0 Å². The smallest absolute Gasteiger partial charge is 0.210 e. The molecule has 1 saturated carbocycles. The van der Waals surface area contributed by atoms with E-state index in [1.807, 2.05) is 0 Å². The summed E-state index contributed by atoms with van der Waals surface area (Å²) in [5.74, 6) is -0.808. The molecule has 25 heavy (non-hydrogen) atoms. The third-order valence-electron chi connectivity index (χ3n) is 5.70. The summed E-state index contributed by atoms with van der Waals surface area (Å²) in [5.41, 5.74) is -2.51. The number of epoxide rings is 1. The van der Waals surface area contributed by atoms with E-state index in [-0.39, 0.29) is 0 Å². The molecule has 0 radical (unpaired) electrons. The highest BCUT2D eigenvalue weighted by Gasteiger charge is 2.79. The van der Waals surface area contributed by atoms with Gasteiger partial charge in [-0.3, -0.25) is 0 Å². The van der Waals surface area contributed by atoms with Gasteiger partial charge < -0.3 is 49.6 Å². The van der Waals surface area contributed by atoms with Crippen LogP contribution in [-0.4, -0.2) is 97.7 Å². The van der Waals surface area contributed by atoms with Gasteiger partial charge in [0.25, 0.3) is 0 Å². The Morgan fingerprint density at radius 2 is 1.80 bits per heavy atom. The average molecular weight is 362 g/mol. The predicted molar refractivity (Wildman–Crippen MR) is 76.6 cm³/mol. The van der Waals surface area contributed by atoms with Gasteiger partial charge >= 0.3 is 0 Å². The van der Waals surface area contributed by atoms with Gasteiger partial charge in [0.1, 0.15) is 47.8 Å². The first-order valence-electron chi connectivity index (χ1n) is 8.11. The first-order chi connectivity index (χ1) is 11.7. The minimum Gasteiger partial charge on any atom is -0.472 e. The standard InChI is InChI=1S/C15H22O10/c1-14-9-13(22-3-2-15(9,21)10(20)11(14)25-14)24-12-8(19)7(18)6(17)5(4-16)23-12/h2-3,5-13,16-21H,4H2,1H3/t5-,6-,7+,8-,9-,10-,11+,12+,13+,14-,15+/m1/s1. The molecule has 0 bridgehead atoms. The largest absolute Gasteiger partial charge is 0.472 e. The van der Waals surface area contributed by atoms with E-state index in [4.69, 9.17) is 18.9 Å². The lowest BCUT2D eigenvalue weighted by atomic mass is 9.82. The molecule has 0 aromatic carbocycles. The number of ether oxygens (including phenoxy) is 4. The molecule has 0 spiro atoms. The molecule has 6 N–H and O–H groups in total. The van der Waals surface area contributed by atoms with E-state index in [9.17, 15) is 30.6 Å². The van der Waals surface area contributed by atoms with Crippen LogP contribution in [0.5, 0.6) is 0 Å². The fourth-order valence-electron chi connectivity index (χ4n) is 4.17. The van der Waals surface area contributed by atoms with Gasteiger partial charge in [-0.25, -0.2) is 0 Å². The molecular weight excluding hydrogens is 340 g/mol. The van der Waals surface area contributed by atoms with E-state index in [0.717, 1.165) is 0 Å². The van der Waals surface area contributed by atoms with Crippen LogP contribution in [0.1, 0.15) is 6.92 Å². The number of hydrogen-bond donors (Lipinski definition) is 6. The topological polar surface area (TPSA) is 162 Å². The van der Waals surface area contributed by atoms with Crippen molar-refractivity contribution in [3.63, 3.8) is 0 Å². The van der Waals surface area contributed by atoms with E-state index in [1.165, 1.54) is 12.3 Å².